The van der Waals surface area contributed by atoms with Gasteiger partial charge in [0, 0.05) is 23.7 Å². The molecule has 0 fully saturated rings. The molecule has 2 aromatic carbocycles. The van der Waals surface area contributed by atoms with Gasteiger partial charge in [0.05, 0.1) is 24.1 Å². The van der Waals surface area contributed by atoms with Crippen molar-refractivity contribution in [3.8, 4) is 29.0 Å². The molecule has 0 bridgehead atoms. The maximum absolute atomic E-state index is 12.9. The fourth-order valence-corrected chi connectivity index (χ4v) is 2.92. The normalized spacial score (nSPS) is 11.5. The van der Waals surface area contributed by atoms with Gasteiger partial charge in [-0.25, -0.2) is 4.98 Å². The van der Waals surface area contributed by atoms with Gasteiger partial charge in [-0.15, -0.1) is 0 Å². The second-order valence-corrected chi connectivity index (χ2v) is 7.18. The monoisotopic (exact) mass is 511 g/mol. The number of amides is 1. The van der Waals surface area contributed by atoms with Crippen molar-refractivity contribution in [3.05, 3.63) is 65.5 Å². The number of nitrogens with zero attached hydrogens (tertiary/aromatic N) is 1. The molecular formula is C24H19F6N3O3. The molecule has 0 saturated carbocycles. The number of imidazole rings is 1. The average molecular weight is 511 g/mol. The largest absolute Gasteiger partial charge is 0.489 e. The molecule has 12 heteroatoms. The molecule has 0 saturated heterocycles. The Kier molecular flexibility index (Phi) is 8.26. The van der Waals surface area contributed by atoms with Gasteiger partial charge in [0.25, 0.3) is 0 Å². The van der Waals surface area contributed by atoms with Crippen LogP contribution >= 0.6 is 0 Å². The zero-order chi connectivity index (χ0) is 26.3. The van der Waals surface area contributed by atoms with E-state index in [0.717, 1.165) is 18.2 Å². The lowest BCUT2D eigenvalue weighted by atomic mass is 10.1. The van der Waals surface area contributed by atoms with E-state index in [0.29, 0.717) is 12.8 Å². The fourth-order valence-electron chi connectivity index (χ4n) is 2.92. The van der Waals surface area contributed by atoms with Gasteiger partial charge in [-0.05, 0) is 43.3 Å². The van der Waals surface area contributed by atoms with Crippen LogP contribution in [0.15, 0.2) is 48.7 Å². The predicted octanol–water partition coefficient (Wildman–Crippen LogP) is 5.52. The molecule has 1 aromatic heterocycles. The number of anilines is 1. The highest BCUT2D eigenvalue weighted by atomic mass is 19.4. The van der Waals surface area contributed by atoms with E-state index in [2.05, 4.69) is 27.1 Å². The van der Waals surface area contributed by atoms with Crippen molar-refractivity contribution in [2.75, 3.05) is 25.1 Å². The lowest BCUT2D eigenvalue weighted by molar-refractivity contribution is -0.141. The second-order valence-electron chi connectivity index (χ2n) is 7.18. The Morgan fingerprint density at radius 3 is 2.50 bits per heavy atom. The summed E-state index contributed by atoms with van der Waals surface area (Å²) in [5.74, 6) is 3.74. The number of carbonyl (C=O) groups excluding carboxylic acids is 1. The smallest absolute Gasteiger partial charge is 0.432 e. The summed E-state index contributed by atoms with van der Waals surface area (Å²) >= 11 is 0. The molecule has 0 aliphatic rings. The Balaban J connectivity index is 1.85. The van der Waals surface area contributed by atoms with E-state index >= 15 is 0 Å². The van der Waals surface area contributed by atoms with Crippen LogP contribution in [0.4, 0.5) is 32.0 Å². The molecule has 3 aromatic rings. The average Bonchev–Trinajstić information content (AvgIpc) is 3.32. The molecule has 0 radical (unpaired) electrons. The fraction of sp³-hybridized carbons (Fsp3) is 0.250. The van der Waals surface area contributed by atoms with Crippen LogP contribution in [0.3, 0.4) is 0 Å². The predicted molar refractivity (Wildman–Crippen MR) is 118 cm³/mol. The molecule has 0 aliphatic heterocycles. The molecule has 3 rings (SSSR count). The molecule has 0 spiro atoms. The number of nitrogens with one attached hydrogen (secondary N) is 2. The Morgan fingerprint density at radius 1 is 1.06 bits per heavy atom. The molecule has 1 heterocycles. The number of alkyl halides is 6. The highest BCUT2D eigenvalue weighted by molar-refractivity contribution is 6.05. The van der Waals surface area contributed by atoms with Crippen molar-refractivity contribution >= 4 is 11.6 Å². The summed E-state index contributed by atoms with van der Waals surface area (Å²) in [5.41, 5.74) is -1.71. The van der Waals surface area contributed by atoms with Crippen molar-refractivity contribution in [1.82, 2.24) is 9.97 Å². The minimum absolute atomic E-state index is 0.0304. The van der Waals surface area contributed by atoms with E-state index in [9.17, 15) is 31.1 Å². The first kappa shape index (κ1) is 26.6. The van der Waals surface area contributed by atoms with Crippen molar-refractivity contribution in [2.24, 2.45) is 0 Å². The zero-order valence-electron chi connectivity index (χ0n) is 18.7. The molecule has 6 nitrogen and oxygen atoms in total. The molecule has 0 unspecified atom stereocenters. The third kappa shape index (κ3) is 7.26. The molecule has 36 heavy (non-hydrogen) atoms. The first-order chi connectivity index (χ1) is 17.0. The van der Waals surface area contributed by atoms with Crippen LogP contribution in [0.1, 0.15) is 23.7 Å². The number of rotatable bonds is 7. The molecule has 0 aliphatic carbocycles. The van der Waals surface area contributed by atoms with Crippen LogP contribution in [-0.4, -0.2) is 35.7 Å². The molecule has 1 amide bonds. The van der Waals surface area contributed by atoms with Gasteiger partial charge in [-0.2, -0.15) is 26.3 Å². The highest BCUT2D eigenvalue weighted by Gasteiger charge is 2.33. The zero-order valence-corrected chi connectivity index (χ0v) is 18.7. The van der Waals surface area contributed by atoms with Crippen LogP contribution in [0.25, 0.3) is 11.4 Å². The van der Waals surface area contributed by atoms with Gasteiger partial charge >= 0.3 is 18.3 Å². The number of aromatic nitrogens is 2. The van der Waals surface area contributed by atoms with Crippen molar-refractivity contribution in [2.45, 2.75) is 19.3 Å². The second kappa shape index (κ2) is 11.2. The lowest BCUT2D eigenvalue weighted by Crippen LogP contribution is -2.12. The lowest BCUT2D eigenvalue weighted by Gasteiger charge is -2.13. The van der Waals surface area contributed by atoms with Gasteiger partial charge in [0.2, 0.25) is 0 Å². The summed E-state index contributed by atoms with van der Waals surface area (Å²) in [4.78, 5) is 18.3. The minimum atomic E-state index is -4.62. The summed E-state index contributed by atoms with van der Waals surface area (Å²) in [6, 6.07) is 8.36. The Labute approximate surface area is 201 Å². The SMILES string of the molecule is CCOCCOc1ccc(-c2ncc(C(F)(F)F)[nH]2)cc1NC(=O)C#Cc1cccc(C(F)(F)F)c1. The van der Waals surface area contributed by atoms with Crippen molar-refractivity contribution in [3.63, 3.8) is 0 Å². The van der Waals surface area contributed by atoms with Gasteiger partial charge in [0.15, 0.2) is 0 Å². The molecule has 190 valence electrons. The van der Waals surface area contributed by atoms with E-state index in [1.54, 1.807) is 6.92 Å². The van der Waals surface area contributed by atoms with E-state index in [4.69, 9.17) is 9.47 Å². The Bertz CT molecular complexity index is 1270. The Hall–Kier alpha value is -3.98. The number of carbonyl (C=O) groups is 1. The van der Waals surface area contributed by atoms with Crippen LogP contribution < -0.4 is 10.1 Å². The van der Waals surface area contributed by atoms with E-state index in [-0.39, 0.29) is 41.6 Å². The van der Waals surface area contributed by atoms with Gasteiger partial charge < -0.3 is 19.8 Å². The number of benzene rings is 2. The van der Waals surface area contributed by atoms with Crippen molar-refractivity contribution < 1.29 is 40.6 Å². The maximum atomic E-state index is 12.9. The van der Waals surface area contributed by atoms with Gasteiger partial charge in [0.1, 0.15) is 23.9 Å². The third-order valence-electron chi connectivity index (χ3n) is 4.58. The quantitative estimate of drug-likeness (QED) is 0.249. The van der Waals surface area contributed by atoms with Crippen LogP contribution in [0.5, 0.6) is 5.75 Å². The van der Waals surface area contributed by atoms with Crippen LogP contribution in [-0.2, 0) is 21.9 Å². The van der Waals surface area contributed by atoms with Crippen LogP contribution in [0.2, 0.25) is 0 Å². The topological polar surface area (TPSA) is 76.2 Å². The number of aromatic amines is 1. The molecular weight excluding hydrogens is 492 g/mol. The first-order valence-corrected chi connectivity index (χ1v) is 10.4. The standard InChI is InChI=1S/C24H19F6N3O3/c1-2-35-10-11-36-19-8-7-16(22-31-14-20(33-22)24(28,29)30)13-18(19)32-21(34)9-6-15-4-3-5-17(12-15)23(25,26)27/h3-5,7-8,12-14H,2,10-11H2,1H3,(H,31,33)(H,32,34). The first-order valence-electron chi connectivity index (χ1n) is 10.4. The summed E-state index contributed by atoms with van der Waals surface area (Å²) in [6.07, 6.45) is -8.55. The van der Waals surface area contributed by atoms with Crippen LogP contribution in [0, 0.1) is 11.8 Å². The number of H-pyrrole nitrogens is 1. The number of hydrogen-bond donors (Lipinski definition) is 2. The maximum Gasteiger partial charge on any atom is 0.432 e. The van der Waals surface area contributed by atoms with E-state index < -0.39 is 29.5 Å². The third-order valence-corrected chi connectivity index (χ3v) is 4.58. The van der Waals surface area contributed by atoms with Gasteiger partial charge in [-0.3, -0.25) is 4.79 Å². The number of halogens is 6. The summed E-state index contributed by atoms with van der Waals surface area (Å²) in [5, 5.41) is 2.45. The minimum Gasteiger partial charge on any atom is -0.489 e. The molecule has 0 atom stereocenters. The van der Waals surface area contributed by atoms with E-state index in [1.165, 1.54) is 24.3 Å². The summed E-state index contributed by atoms with van der Waals surface area (Å²) < 4.78 is 88.1. The van der Waals surface area contributed by atoms with Gasteiger partial charge in [-0.1, -0.05) is 12.0 Å². The summed E-state index contributed by atoms with van der Waals surface area (Å²) in [6.45, 7) is 2.61. The highest BCUT2D eigenvalue weighted by Crippen LogP contribution is 2.33. The number of ether oxygens (including phenoxy) is 2. The van der Waals surface area contributed by atoms with E-state index in [1.807, 2.05) is 0 Å². The Morgan fingerprint density at radius 2 is 1.83 bits per heavy atom. The van der Waals surface area contributed by atoms with Crippen molar-refractivity contribution in [1.29, 1.82) is 0 Å². The number of hydrogen-bond acceptors (Lipinski definition) is 4. The summed E-state index contributed by atoms with van der Waals surface area (Å²) in [7, 11) is 0. The molecule has 2 N–H and O–H groups in total.